The standard InChI is InChI=1S/C18H17NO4/c1-11-14(20)9-13-10-19(16(21)12-7-5-4-6-8-12)18(2,15(11)13)17(22)23-3/h4-9,15H,1,10H2,2-3H3/t15-,18-/m1/s1. The van der Waals surface area contributed by atoms with Gasteiger partial charge < -0.3 is 9.64 Å². The van der Waals surface area contributed by atoms with Gasteiger partial charge in [0.1, 0.15) is 5.54 Å². The highest BCUT2D eigenvalue weighted by molar-refractivity contribution is 6.11. The van der Waals surface area contributed by atoms with E-state index < -0.39 is 17.4 Å². The Morgan fingerprint density at radius 3 is 2.57 bits per heavy atom. The molecular weight excluding hydrogens is 294 g/mol. The molecule has 1 aromatic carbocycles. The van der Waals surface area contributed by atoms with Gasteiger partial charge in [-0.2, -0.15) is 0 Å². The predicted octanol–water partition coefficient (Wildman–Crippen LogP) is 1.76. The fourth-order valence-corrected chi connectivity index (χ4v) is 3.50. The number of likely N-dealkylation sites (tertiary alicyclic amines) is 1. The second kappa shape index (κ2) is 5.19. The van der Waals surface area contributed by atoms with Crippen molar-refractivity contribution in [2.75, 3.05) is 13.7 Å². The Morgan fingerprint density at radius 2 is 1.96 bits per heavy atom. The third-order valence-electron chi connectivity index (χ3n) is 4.68. The van der Waals surface area contributed by atoms with Gasteiger partial charge >= 0.3 is 5.97 Å². The topological polar surface area (TPSA) is 63.7 Å². The number of benzene rings is 1. The van der Waals surface area contributed by atoms with Crippen LogP contribution >= 0.6 is 0 Å². The summed E-state index contributed by atoms with van der Waals surface area (Å²) in [7, 11) is 1.28. The number of hydrogen-bond acceptors (Lipinski definition) is 4. The third-order valence-corrected chi connectivity index (χ3v) is 4.68. The Bertz CT molecular complexity index is 750. The van der Waals surface area contributed by atoms with E-state index in [1.165, 1.54) is 18.1 Å². The molecule has 1 fully saturated rings. The Balaban J connectivity index is 2.08. The molecule has 1 heterocycles. The van der Waals surface area contributed by atoms with E-state index in [-0.39, 0.29) is 18.2 Å². The third kappa shape index (κ3) is 2.04. The van der Waals surface area contributed by atoms with Crippen LogP contribution in [0.4, 0.5) is 0 Å². The lowest BCUT2D eigenvalue weighted by molar-refractivity contribution is -0.152. The highest BCUT2D eigenvalue weighted by Gasteiger charge is 2.59. The number of allylic oxidation sites excluding steroid dienone is 1. The minimum Gasteiger partial charge on any atom is -0.467 e. The second-order valence-corrected chi connectivity index (χ2v) is 5.94. The number of nitrogens with zero attached hydrogens (tertiary/aromatic N) is 1. The van der Waals surface area contributed by atoms with Crippen molar-refractivity contribution in [1.29, 1.82) is 0 Å². The van der Waals surface area contributed by atoms with Gasteiger partial charge in [-0.15, -0.1) is 0 Å². The summed E-state index contributed by atoms with van der Waals surface area (Å²) in [4.78, 5) is 38.7. The molecule has 1 aromatic rings. The number of rotatable bonds is 2. The molecule has 1 aliphatic carbocycles. The van der Waals surface area contributed by atoms with E-state index in [1.54, 1.807) is 31.2 Å². The van der Waals surface area contributed by atoms with Gasteiger partial charge in [0.25, 0.3) is 5.91 Å². The van der Waals surface area contributed by atoms with Gasteiger partial charge in [0.05, 0.1) is 7.11 Å². The van der Waals surface area contributed by atoms with Crippen molar-refractivity contribution in [3.05, 3.63) is 59.7 Å². The van der Waals surface area contributed by atoms with Gasteiger partial charge in [0, 0.05) is 23.6 Å². The number of esters is 1. The van der Waals surface area contributed by atoms with E-state index in [4.69, 9.17) is 4.74 Å². The van der Waals surface area contributed by atoms with Crippen molar-refractivity contribution in [1.82, 2.24) is 4.90 Å². The van der Waals surface area contributed by atoms with E-state index in [0.29, 0.717) is 11.1 Å². The number of fused-ring (bicyclic) bond motifs is 1. The van der Waals surface area contributed by atoms with Crippen molar-refractivity contribution in [3.63, 3.8) is 0 Å². The molecule has 0 spiro atoms. The summed E-state index contributed by atoms with van der Waals surface area (Å²) in [6.45, 7) is 5.66. The highest BCUT2D eigenvalue weighted by Crippen LogP contribution is 2.47. The molecule has 0 radical (unpaired) electrons. The van der Waals surface area contributed by atoms with Crippen LogP contribution in [0, 0.1) is 5.92 Å². The lowest BCUT2D eigenvalue weighted by atomic mass is 9.81. The first kappa shape index (κ1) is 15.2. The molecule has 2 atom stereocenters. The van der Waals surface area contributed by atoms with E-state index in [1.807, 2.05) is 6.07 Å². The van der Waals surface area contributed by atoms with Crippen LogP contribution in [0.1, 0.15) is 17.3 Å². The molecule has 5 nitrogen and oxygen atoms in total. The molecule has 5 heteroatoms. The lowest BCUT2D eigenvalue weighted by Gasteiger charge is -2.36. The second-order valence-electron chi connectivity index (χ2n) is 5.94. The molecule has 1 aliphatic heterocycles. The number of amides is 1. The van der Waals surface area contributed by atoms with Gasteiger partial charge in [-0.1, -0.05) is 24.8 Å². The maximum absolute atomic E-state index is 12.9. The van der Waals surface area contributed by atoms with Gasteiger partial charge in [-0.3, -0.25) is 9.59 Å². The molecule has 1 amide bonds. The van der Waals surface area contributed by atoms with Crippen LogP contribution < -0.4 is 0 Å². The Kier molecular flexibility index (Phi) is 3.43. The summed E-state index contributed by atoms with van der Waals surface area (Å²) < 4.78 is 4.93. The monoisotopic (exact) mass is 311 g/mol. The van der Waals surface area contributed by atoms with Gasteiger partial charge in [0.15, 0.2) is 5.78 Å². The van der Waals surface area contributed by atoms with Crippen LogP contribution in [0.2, 0.25) is 0 Å². The first-order valence-electron chi connectivity index (χ1n) is 7.30. The largest absolute Gasteiger partial charge is 0.467 e. The zero-order chi connectivity index (χ0) is 16.8. The number of hydrogen-bond donors (Lipinski definition) is 0. The SMILES string of the molecule is C=C1C(=O)C=C2CN(C(=O)c3ccccc3)[C@@](C)(C(=O)OC)[C@H]12. The lowest BCUT2D eigenvalue weighted by Crippen LogP contribution is -2.55. The number of carbonyl (C=O) groups is 3. The van der Waals surface area contributed by atoms with Crippen molar-refractivity contribution >= 4 is 17.7 Å². The van der Waals surface area contributed by atoms with Crippen molar-refractivity contribution in [3.8, 4) is 0 Å². The van der Waals surface area contributed by atoms with E-state index in [0.717, 1.165) is 5.57 Å². The predicted molar refractivity (Wildman–Crippen MR) is 83.6 cm³/mol. The Hall–Kier alpha value is -2.69. The average Bonchev–Trinajstić information content (AvgIpc) is 3.02. The normalized spacial score (nSPS) is 26.1. The van der Waals surface area contributed by atoms with Crippen LogP contribution in [-0.4, -0.2) is 41.8 Å². The molecule has 118 valence electrons. The first-order valence-corrected chi connectivity index (χ1v) is 7.30. The number of carbonyl (C=O) groups excluding carboxylic acids is 3. The highest BCUT2D eigenvalue weighted by atomic mass is 16.5. The zero-order valence-corrected chi connectivity index (χ0v) is 13.0. The summed E-state index contributed by atoms with van der Waals surface area (Å²) >= 11 is 0. The molecule has 0 saturated carbocycles. The molecule has 23 heavy (non-hydrogen) atoms. The fraction of sp³-hybridized carbons (Fsp3) is 0.278. The molecule has 0 unspecified atom stereocenters. The number of ketones is 1. The number of methoxy groups -OCH3 is 1. The molecule has 1 saturated heterocycles. The van der Waals surface area contributed by atoms with Crippen molar-refractivity contribution in [2.24, 2.45) is 5.92 Å². The first-order chi connectivity index (χ1) is 10.9. The van der Waals surface area contributed by atoms with Gasteiger partial charge in [-0.05, 0) is 30.7 Å². The van der Waals surface area contributed by atoms with Gasteiger partial charge in [-0.25, -0.2) is 4.79 Å². The molecule has 0 bridgehead atoms. The van der Waals surface area contributed by atoms with Crippen molar-refractivity contribution < 1.29 is 19.1 Å². The van der Waals surface area contributed by atoms with E-state index in [9.17, 15) is 14.4 Å². The smallest absolute Gasteiger partial charge is 0.332 e. The summed E-state index contributed by atoms with van der Waals surface area (Å²) in [5.74, 6) is -1.53. The Morgan fingerprint density at radius 1 is 1.30 bits per heavy atom. The maximum atomic E-state index is 12.9. The average molecular weight is 311 g/mol. The summed E-state index contributed by atoms with van der Waals surface area (Å²) in [6, 6.07) is 8.74. The molecule has 0 aromatic heterocycles. The zero-order valence-electron chi connectivity index (χ0n) is 13.0. The maximum Gasteiger partial charge on any atom is 0.332 e. The summed E-state index contributed by atoms with van der Waals surface area (Å²) in [5.41, 5.74) is 0.283. The Labute approximate surface area is 134 Å². The number of ether oxygens (including phenoxy) is 1. The minimum absolute atomic E-state index is 0.188. The van der Waals surface area contributed by atoms with Crippen LogP contribution in [-0.2, 0) is 14.3 Å². The van der Waals surface area contributed by atoms with Crippen LogP contribution in [0.3, 0.4) is 0 Å². The van der Waals surface area contributed by atoms with Crippen LogP contribution in [0.25, 0.3) is 0 Å². The summed E-state index contributed by atoms with van der Waals surface area (Å²) in [6.07, 6.45) is 1.48. The van der Waals surface area contributed by atoms with Crippen molar-refractivity contribution in [2.45, 2.75) is 12.5 Å². The quantitative estimate of drug-likeness (QED) is 0.617. The van der Waals surface area contributed by atoms with E-state index in [2.05, 4.69) is 6.58 Å². The fourth-order valence-electron chi connectivity index (χ4n) is 3.50. The van der Waals surface area contributed by atoms with Gasteiger partial charge in [0.2, 0.25) is 0 Å². The molecule has 3 rings (SSSR count). The molecule has 0 N–H and O–H groups in total. The van der Waals surface area contributed by atoms with Crippen LogP contribution in [0.5, 0.6) is 0 Å². The molecular formula is C18H17NO4. The molecule has 2 aliphatic rings. The van der Waals surface area contributed by atoms with Crippen LogP contribution in [0.15, 0.2) is 54.1 Å². The minimum atomic E-state index is -1.27. The summed E-state index contributed by atoms with van der Waals surface area (Å²) in [5, 5.41) is 0. The van der Waals surface area contributed by atoms with E-state index >= 15 is 0 Å².